The minimum absolute atomic E-state index is 1.25. The van der Waals surface area contributed by atoms with Crippen molar-refractivity contribution in [3.05, 3.63) is 29.3 Å². The van der Waals surface area contributed by atoms with Crippen LogP contribution in [-0.4, -0.2) is 17.4 Å². The van der Waals surface area contributed by atoms with E-state index in [4.69, 9.17) is 0 Å². The van der Waals surface area contributed by atoms with Crippen LogP contribution in [0.15, 0.2) is 23.1 Å². The maximum atomic E-state index is 2.51. The van der Waals surface area contributed by atoms with Crippen LogP contribution in [0.1, 0.15) is 30.4 Å². The summed E-state index contributed by atoms with van der Waals surface area (Å²) in [6.45, 7) is 6.86. The quantitative estimate of drug-likeness (QED) is 0.699. The molecular weight excluding hydrogens is 202 g/mol. The number of hydrogen-bond donors (Lipinski definition) is 0. The van der Waals surface area contributed by atoms with Crippen LogP contribution in [0.2, 0.25) is 0 Å². The first-order valence-electron chi connectivity index (χ1n) is 5.76. The number of benzene rings is 1. The van der Waals surface area contributed by atoms with Crippen LogP contribution in [0.4, 0.5) is 0 Å². The van der Waals surface area contributed by atoms with Crippen molar-refractivity contribution in [1.82, 2.24) is 4.31 Å². The van der Waals surface area contributed by atoms with Gasteiger partial charge < -0.3 is 0 Å². The zero-order valence-corrected chi connectivity index (χ0v) is 10.4. The zero-order chi connectivity index (χ0) is 10.7. The highest BCUT2D eigenvalue weighted by atomic mass is 32.2. The van der Waals surface area contributed by atoms with Gasteiger partial charge in [0.15, 0.2) is 0 Å². The van der Waals surface area contributed by atoms with Gasteiger partial charge in [0.25, 0.3) is 0 Å². The Labute approximate surface area is 97.0 Å². The lowest BCUT2D eigenvalue weighted by Crippen LogP contribution is -2.22. The van der Waals surface area contributed by atoms with E-state index < -0.39 is 0 Å². The van der Waals surface area contributed by atoms with Gasteiger partial charge in [-0.25, -0.2) is 4.31 Å². The van der Waals surface area contributed by atoms with E-state index in [0.717, 1.165) is 0 Å². The molecule has 82 valence electrons. The maximum Gasteiger partial charge on any atom is 0.0262 e. The molecule has 0 atom stereocenters. The highest BCUT2D eigenvalue weighted by molar-refractivity contribution is 7.97. The minimum atomic E-state index is 1.25. The summed E-state index contributed by atoms with van der Waals surface area (Å²) >= 11 is 1.94. The lowest BCUT2D eigenvalue weighted by atomic mass is 10.2. The van der Waals surface area contributed by atoms with Gasteiger partial charge in [0.2, 0.25) is 0 Å². The van der Waals surface area contributed by atoms with Crippen molar-refractivity contribution >= 4 is 11.9 Å². The molecule has 0 spiro atoms. The summed E-state index contributed by atoms with van der Waals surface area (Å²) in [6, 6.07) is 6.71. The third kappa shape index (κ3) is 2.99. The Morgan fingerprint density at radius 3 is 2.53 bits per heavy atom. The van der Waals surface area contributed by atoms with Gasteiger partial charge in [0.05, 0.1) is 0 Å². The first-order chi connectivity index (χ1) is 7.25. The SMILES string of the molecule is Cc1ccc(C)c(SN2CCCCC2)c1. The van der Waals surface area contributed by atoms with E-state index in [0.29, 0.717) is 0 Å². The third-order valence-electron chi connectivity index (χ3n) is 2.89. The van der Waals surface area contributed by atoms with Crippen LogP contribution >= 0.6 is 11.9 Å². The van der Waals surface area contributed by atoms with Crippen molar-refractivity contribution in [2.24, 2.45) is 0 Å². The molecule has 0 radical (unpaired) electrons. The Morgan fingerprint density at radius 2 is 1.80 bits per heavy atom. The first kappa shape index (κ1) is 11.0. The highest BCUT2D eigenvalue weighted by Crippen LogP contribution is 2.29. The van der Waals surface area contributed by atoms with Crippen LogP contribution in [0.3, 0.4) is 0 Å². The molecule has 1 aliphatic heterocycles. The summed E-state index contributed by atoms with van der Waals surface area (Å²) in [7, 11) is 0. The summed E-state index contributed by atoms with van der Waals surface area (Å²) < 4.78 is 2.51. The number of rotatable bonds is 2. The Kier molecular flexibility index (Phi) is 3.71. The summed E-state index contributed by atoms with van der Waals surface area (Å²) in [5, 5.41) is 0. The van der Waals surface area contributed by atoms with E-state index in [1.807, 2.05) is 11.9 Å². The van der Waals surface area contributed by atoms with Crippen LogP contribution in [0.5, 0.6) is 0 Å². The number of hydrogen-bond acceptors (Lipinski definition) is 2. The fraction of sp³-hybridized carbons (Fsp3) is 0.538. The standard InChI is InChI=1S/C13H19NS/c1-11-6-7-12(2)13(10-11)15-14-8-4-3-5-9-14/h6-7,10H,3-5,8-9H2,1-2H3. The van der Waals surface area contributed by atoms with Crippen molar-refractivity contribution in [3.63, 3.8) is 0 Å². The van der Waals surface area contributed by atoms with Gasteiger partial charge in [0, 0.05) is 18.0 Å². The molecule has 1 aliphatic rings. The van der Waals surface area contributed by atoms with E-state index in [2.05, 4.69) is 36.4 Å². The Hall–Kier alpha value is -0.470. The zero-order valence-electron chi connectivity index (χ0n) is 9.62. The molecule has 1 nitrogen and oxygen atoms in total. The average Bonchev–Trinajstić information content (AvgIpc) is 2.25. The fourth-order valence-electron chi connectivity index (χ4n) is 1.90. The Balaban J connectivity index is 2.05. The Bertz CT molecular complexity index is 329. The fourth-order valence-corrected chi connectivity index (χ4v) is 3.07. The summed E-state index contributed by atoms with van der Waals surface area (Å²) in [5.41, 5.74) is 2.76. The monoisotopic (exact) mass is 221 g/mol. The van der Waals surface area contributed by atoms with Crippen LogP contribution in [-0.2, 0) is 0 Å². The second-order valence-electron chi connectivity index (χ2n) is 4.35. The van der Waals surface area contributed by atoms with E-state index in [1.165, 1.54) is 48.4 Å². The molecule has 1 fully saturated rings. The van der Waals surface area contributed by atoms with Gasteiger partial charge in [-0.05, 0) is 55.8 Å². The van der Waals surface area contributed by atoms with Gasteiger partial charge in [-0.3, -0.25) is 0 Å². The molecule has 2 rings (SSSR count). The topological polar surface area (TPSA) is 3.24 Å². The minimum Gasteiger partial charge on any atom is -0.246 e. The van der Waals surface area contributed by atoms with Crippen LogP contribution in [0.25, 0.3) is 0 Å². The molecular formula is C13H19NS. The highest BCUT2D eigenvalue weighted by Gasteiger charge is 2.12. The van der Waals surface area contributed by atoms with E-state index in [1.54, 1.807) is 0 Å². The molecule has 0 aromatic heterocycles. The van der Waals surface area contributed by atoms with Gasteiger partial charge in [-0.1, -0.05) is 18.6 Å². The molecule has 0 N–H and O–H groups in total. The van der Waals surface area contributed by atoms with Crippen molar-refractivity contribution < 1.29 is 0 Å². The maximum absolute atomic E-state index is 2.51. The van der Waals surface area contributed by atoms with Crippen LogP contribution in [0, 0.1) is 13.8 Å². The van der Waals surface area contributed by atoms with E-state index >= 15 is 0 Å². The summed E-state index contributed by atoms with van der Waals surface area (Å²) in [4.78, 5) is 1.43. The molecule has 0 saturated carbocycles. The number of piperidine rings is 1. The lowest BCUT2D eigenvalue weighted by molar-refractivity contribution is 0.380. The molecule has 0 aliphatic carbocycles. The van der Waals surface area contributed by atoms with Gasteiger partial charge in [-0.2, -0.15) is 0 Å². The lowest BCUT2D eigenvalue weighted by Gasteiger charge is -2.25. The average molecular weight is 221 g/mol. The first-order valence-corrected chi connectivity index (χ1v) is 6.53. The van der Waals surface area contributed by atoms with E-state index in [9.17, 15) is 0 Å². The molecule has 1 saturated heterocycles. The predicted octanol–water partition coefficient (Wildman–Crippen LogP) is 3.80. The molecule has 1 heterocycles. The van der Waals surface area contributed by atoms with Crippen molar-refractivity contribution in [1.29, 1.82) is 0 Å². The molecule has 0 amide bonds. The number of nitrogens with zero attached hydrogens (tertiary/aromatic N) is 1. The molecule has 0 unspecified atom stereocenters. The van der Waals surface area contributed by atoms with Gasteiger partial charge >= 0.3 is 0 Å². The smallest absolute Gasteiger partial charge is 0.0262 e. The van der Waals surface area contributed by atoms with Gasteiger partial charge in [0.1, 0.15) is 0 Å². The van der Waals surface area contributed by atoms with Crippen LogP contribution < -0.4 is 0 Å². The van der Waals surface area contributed by atoms with E-state index in [-0.39, 0.29) is 0 Å². The second kappa shape index (κ2) is 5.04. The summed E-state index contributed by atoms with van der Waals surface area (Å²) in [6.07, 6.45) is 4.12. The largest absolute Gasteiger partial charge is 0.246 e. The summed E-state index contributed by atoms with van der Waals surface area (Å²) in [5.74, 6) is 0. The van der Waals surface area contributed by atoms with Crippen molar-refractivity contribution in [3.8, 4) is 0 Å². The Morgan fingerprint density at radius 1 is 1.07 bits per heavy atom. The second-order valence-corrected chi connectivity index (χ2v) is 5.49. The molecule has 1 aromatic carbocycles. The predicted molar refractivity (Wildman–Crippen MR) is 67.2 cm³/mol. The molecule has 1 aromatic rings. The number of aryl methyl sites for hydroxylation is 2. The normalized spacial score (nSPS) is 18.0. The molecule has 0 bridgehead atoms. The molecule has 2 heteroatoms. The molecule has 15 heavy (non-hydrogen) atoms. The van der Waals surface area contributed by atoms with Crippen molar-refractivity contribution in [2.45, 2.75) is 38.0 Å². The van der Waals surface area contributed by atoms with Gasteiger partial charge in [-0.15, -0.1) is 0 Å². The third-order valence-corrected chi connectivity index (χ3v) is 4.15. The van der Waals surface area contributed by atoms with Crippen molar-refractivity contribution in [2.75, 3.05) is 13.1 Å².